The lowest BCUT2D eigenvalue weighted by molar-refractivity contribution is 0.0562. The first-order valence-electron chi connectivity index (χ1n) is 11.1. The van der Waals surface area contributed by atoms with Crippen molar-refractivity contribution >= 4 is 17.6 Å². The number of carbonyl (C=O) groups is 1. The Kier molecular flexibility index (Phi) is 6.94. The van der Waals surface area contributed by atoms with E-state index in [2.05, 4.69) is 5.10 Å². The second-order valence-electron chi connectivity index (χ2n) is 9.24. The van der Waals surface area contributed by atoms with Gasteiger partial charge in [-0.25, -0.2) is 9.48 Å². The Labute approximate surface area is 210 Å². The van der Waals surface area contributed by atoms with Gasteiger partial charge in [0, 0.05) is 29.8 Å². The third-order valence-electron chi connectivity index (χ3n) is 5.64. The Morgan fingerprint density at radius 3 is 2.56 bits per heavy atom. The van der Waals surface area contributed by atoms with E-state index >= 15 is 0 Å². The maximum absolute atomic E-state index is 12.6. The Morgan fingerprint density at radius 1 is 1.19 bits per heavy atom. The number of aromatic nitrogens is 3. The zero-order valence-corrected chi connectivity index (χ0v) is 20.6. The van der Waals surface area contributed by atoms with E-state index in [4.69, 9.17) is 21.1 Å². The van der Waals surface area contributed by atoms with Gasteiger partial charge in [-0.3, -0.25) is 9.47 Å². The Balaban J connectivity index is 1.52. The summed E-state index contributed by atoms with van der Waals surface area (Å²) in [6, 6.07) is 4.82. The molecule has 12 heteroatoms. The lowest BCUT2D eigenvalue weighted by Gasteiger charge is -2.43. The van der Waals surface area contributed by atoms with Crippen LogP contribution in [0.4, 0.5) is 8.78 Å². The second-order valence-corrected chi connectivity index (χ2v) is 9.65. The summed E-state index contributed by atoms with van der Waals surface area (Å²) in [5.74, 6) is -0.597. The van der Waals surface area contributed by atoms with Gasteiger partial charge < -0.3 is 19.6 Å². The number of nitrogens with zero attached hydrogens (tertiary/aromatic N) is 4. The molecule has 1 aromatic carbocycles. The van der Waals surface area contributed by atoms with Gasteiger partial charge in [-0.1, -0.05) is 11.6 Å². The van der Waals surface area contributed by atoms with Crippen molar-refractivity contribution < 1.29 is 28.2 Å². The van der Waals surface area contributed by atoms with Gasteiger partial charge in [-0.15, -0.1) is 0 Å². The summed E-state index contributed by atoms with van der Waals surface area (Å²) in [4.78, 5) is 24.0. The summed E-state index contributed by atoms with van der Waals surface area (Å²) in [5, 5.41) is 15.2. The Morgan fingerprint density at radius 2 is 1.92 bits per heavy atom. The molecule has 0 unspecified atom stereocenters. The van der Waals surface area contributed by atoms with Crippen molar-refractivity contribution in [2.75, 3.05) is 18.2 Å². The lowest BCUT2D eigenvalue weighted by Crippen LogP contribution is -2.51. The fourth-order valence-corrected chi connectivity index (χ4v) is 4.11. The highest BCUT2D eigenvalue weighted by Gasteiger charge is 2.31. The van der Waals surface area contributed by atoms with Crippen LogP contribution in [-0.4, -0.2) is 44.3 Å². The van der Waals surface area contributed by atoms with Gasteiger partial charge in [0.25, 0.3) is 0 Å². The number of hydrogen-bond donors (Lipinski definition) is 1. The topological polar surface area (TPSA) is 98.8 Å². The van der Waals surface area contributed by atoms with Crippen LogP contribution in [0.5, 0.6) is 11.5 Å². The first kappa shape index (κ1) is 25.5. The van der Waals surface area contributed by atoms with Crippen LogP contribution in [0.1, 0.15) is 49.7 Å². The van der Waals surface area contributed by atoms with Gasteiger partial charge in [0.2, 0.25) is 0 Å². The number of hydrogen-bond acceptors (Lipinski definition) is 6. The SMILES string of the molecule is CC(C)(C)N1Cc2cc(OCCCOc3cnn(C(F)F)c3)c(Cl)cc2-c2cc(=O)c(C(=O)O)cn21. The number of carboxylic acid groups (broad SMARTS) is 1. The summed E-state index contributed by atoms with van der Waals surface area (Å²) in [7, 11) is 0. The van der Waals surface area contributed by atoms with Crippen molar-refractivity contribution in [3.05, 3.63) is 63.2 Å². The van der Waals surface area contributed by atoms with Gasteiger partial charge in [-0.05, 0) is 38.5 Å². The monoisotopic (exact) mass is 522 g/mol. The van der Waals surface area contributed by atoms with E-state index < -0.39 is 23.5 Å². The van der Waals surface area contributed by atoms with Gasteiger partial charge in [0.05, 0.1) is 42.9 Å². The molecule has 3 aromatic rings. The number of alkyl halides is 2. The zero-order chi connectivity index (χ0) is 26.2. The fraction of sp³-hybridized carbons (Fsp3) is 0.375. The van der Waals surface area contributed by atoms with Gasteiger partial charge in [0.1, 0.15) is 11.3 Å². The molecule has 0 saturated carbocycles. The molecule has 3 heterocycles. The van der Waals surface area contributed by atoms with Crippen molar-refractivity contribution in [1.82, 2.24) is 14.5 Å². The van der Waals surface area contributed by atoms with E-state index in [1.165, 1.54) is 18.5 Å². The molecule has 0 spiro atoms. The largest absolute Gasteiger partial charge is 0.492 e. The van der Waals surface area contributed by atoms with Crippen LogP contribution >= 0.6 is 11.6 Å². The van der Waals surface area contributed by atoms with Crippen molar-refractivity contribution in [2.24, 2.45) is 0 Å². The summed E-state index contributed by atoms with van der Waals surface area (Å²) in [6.07, 6.45) is 4.15. The van der Waals surface area contributed by atoms with Gasteiger partial charge in [0.15, 0.2) is 11.2 Å². The average molecular weight is 523 g/mol. The molecule has 0 fully saturated rings. The number of ether oxygens (including phenoxy) is 2. The normalized spacial score (nSPS) is 12.9. The number of fused-ring (bicyclic) bond motifs is 3. The van der Waals surface area contributed by atoms with Crippen molar-refractivity contribution in [1.29, 1.82) is 0 Å². The molecule has 0 atom stereocenters. The third kappa shape index (κ3) is 5.15. The minimum Gasteiger partial charge on any atom is -0.492 e. The second kappa shape index (κ2) is 9.81. The number of aromatic carboxylic acids is 1. The molecule has 0 aliphatic carbocycles. The van der Waals surface area contributed by atoms with Crippen molar-refractivity contribution in [3.8, 4) is 22.8 Å². The number of pyridine rings is 1. The highest BCUT2D eigenvalue weighted by atomic mass is 35.5. The van der Waals surface area contributed by atoms with Crippen molar-refractivity contribution in [2.45, 2.75) is 45.8 Å². The average Bonchev–Trinajstić information content (AvgIpc) is 3.27. The van der Waals surface area contributed by atoms with E-state index in [1.807, 2.05) is 31.8 Å². The molecule has 0 bridgehead atoms. The first-order chi connectivity index (χ1) is 17.0. The number of benzene rings is 1. The number of rotatable bonds is 8. The Hall–Kier alpha value is -3.60. The highest BCUT2D eigenvalue weighted by Crippen LogP contribution is 2.38. The minimum absolute atomic E-state index is 0.234. The van der Waals surface area contributed by atoms with E-state index in [-0.39, 0.29) is 24.5 Å². The smallest absolute Gasteiger partial charge is 0.341 e. The van der Waals surface area contributed by atoms with E-state index in [9.17, 15) is 23.5 Å². The lowest BCUT2D eigenvalue weighted by atomic mass is 9.97. The van der Waals surface area contributed by atoms with Gasteiger partial charge >= 0.3 is 12.5 Å². The van der Waals surface area contributed by atoms with Crippen molar-refractivity contribution in [3.63, 3.8) is 0 Å². The third-order valence-corrected chi connectivity index (χ3v) is 5.94. The summed E-state index contributed by atoms with van der Waals surface area (Å²) >= 11 is 6.48. The number of halogens is 3. The molecular formula is C24H25ClF2N4O5. The molecule has 2 aromatic heterocycles. The van der Waals surface area contributed by atoms with Crippen LogP contribution in [-0.2, 0) is 6.54 Å². The van der Waals surface area contributed by atoms with E-state index in [0.717, 1.165) is 11.8 Å². The zero-order valence-electron chi connectivity index (χ0n) is 19.9. The quantitative estimate of drug-likeness (QED) is 0.433. The van der Waals surface area contributed by atoms with Crippen LogP contribution in [0.15, 0.2) is 41.6 Å². The molecule has 0 saturated heterocycles. The van der Waals surface area contributed by atoms with E-state index in [0.29, 0.717) is 39.7 Å². The summed E-state index contributed by atoms with van der Waals surface area (Å²) in [6.45, 7) is 4.16. The molecule has 4 rings (SSSR count). The van der Waals surface area contributed by atoms with Gasteiger partial charge in [-0.2, -0.15) is 13.9 Å². The molecule has 192 valence electrons. The van der Waals surface area contributed by atoms with Crippen LogP contribution in [0.3, 0.4) is 0 Å². The molecule has 36 heavy (non-hydrogen) atoms. The predicted octanol–water partition coefficient (Wildman–Crippen LogP) is 4.56. The molecule has 1 N–H and O–H groups in total. The van der Waals surface area contributed by atoms with Crippen LogP contribution in [0, 0.1) is 0 Å². The predicted molar refractivity (Wildman–Crippen MR) is 129 cm³/mol. The molecule has 1 aliphatic rings. The summed E-state index contributed by atoms with van der Waals surface area (Å²) in [5.41, 5.74) is 0.807. The molecule has 0 amide bonds. The maximum Gasteiger partial charge on any atom is 0.341 e. The van der Waals surface area contributed by atoms with Crippen LogP contribution in [0.25, 0.3) is 11.3 Å². The van der Waals surface area contributed by atoms with Crippen LogP contribution < -0.4 is 19.9 Å². The summed E-state index contributed by atoms with van der Waals surface area (Å²) < 4.78 is 38.6. The van der Waals surface area contributed by atoms with Crippen LogP contribution in [0.2, 0.25) is 5.02 Å². The minimum atomic E-state index is -2.73. The number of carboxylic acids is 1. The highest BCUT2D eigenvalue weighted by molar-refractivity contribution is 6.32. The first-order valence-corrected chi connectivity index (χ1v) is 11.5. The molecular weight excluding hydrogens is 498 g/mol. The molecule has 1 aliphatic heterocycles. The fourth-order valence-electron chi connectivity index (χ4n) is 3.89. The maximum atomic E-state index is 12.6. The standard InChI is InChI=1S/C24H25ClF2N4O5/c1-24(2,3)31-11-14-7-21(36-6-4-5-35-15-10-28-29(12-15)23(26)27)18(25)8-16(14)19-9-20(32)17(22(33)34)13-30(19)31/h7-10,12-13,23H,4-6,11H2,1-3H3,(H,33,34). The Bertz CT molecular complexity index is 1350. The molecule has 0 radical (unpaired) electrons. The molecule has 9 nitrogen and oxygen atoms in total. The van der Waals surface area contributed by atoms with E-state index in [1.54, 1.807) is 10.7 Å².